The lowest BCUT2D eigenvalue weighted by Gasteiger charge is -1.61. The van der Waals surface area contributed by atoms with Crippen LogP contribution in [0, 0.1) is 0 Å². The lowest BCUT2D eigenvalue weighted by atomic mass is 11.3. The van der Waals surface area contributed by atoms with Crippen LogP contribution in [-0.2, 0) is 0 Å². The van der Waals surface area contributed by atoms with Gasteiger partial charge in [0.2, 0.25) is 0 Å². The van der Waals surface area contributed by atoms with Crippen molar-refractivity contribution in [1.82, 2.24) is 0 Å². The molecule has 0 aromatic heterocycles. The van der Waals surface area contributed by atoms with Crippen molar-refractivity contribution in [3.8, 4) is 0 Å². The van der Waals surface area contributed by atoms with Gasteiger partial charge in [0.25, 0.3) is 0 Å². The highest BCUT2D eigenvalue weighted by atomic mass is 16.4. The van der Waals surface area contributed by atoms with Crippen molar-refractivity contribution in [2.24, 2.45) is 5.73 Å². The fourth-order valence-electron chi connectivity index (χ4n) is 0. The van der Waals surface area contributed by atoms with Gasteiger partial charge >= 0.3 is 6.09 Å². The quantitative estimate of drug-likeness (QED) is 0.468. The molecule has 0 aliphatic carbocycles. The number of nitrogens with two attached hydrogens (primary N) is 1. The average Bonchev–Trinajstić information content (AvgIpc) is 1.75. The first kappa shape index (κ1) is 15.9. The molecule has 3 N–H and O–H groups in total. The van der Waals surface area contributed by atoms with Gasteiger partial charge in [0.1, 0.15) is 0 Å². The van der Waals surface area contributed by atoms with Crippen molar-refractivity contribution in [3.05, 3.63) is 26.3 Å². The summed E-state index contributed by atoms with van der Waals surface area (Å²) in [5, 5.41) is 7.19. The van der Waals surface area contributed by atoms with E-state index in [1.807, 2.05) is 0 Å². The summed E-state index contributed by atoms with van der Waals surface area (Å²) >= 11 is 0. The van der Waals surface area contributed by atoms with E-state index in [-0.39, 0.29) is 0 Å². The number of carboxylic acid groups (broad SMARTS) is 1. The molecule has 0 aliphatic rings. The van der Waals surface area contributed by atoms with E-state index in [2.05, 4.69) is 32.0 Å². The molecule has 0 aliphatic heterocycles. The van der Waals surface area contributed by atoms with E-state index >= 15 is 0 Å². The SMILES string of the molecule is C=C.C=C.NC(=O)O. The van der Waals surface area contributed by atoms with Crippen molar-refractivity contribution >= 4 is 6.09 Å². The largest absolute Gasteiger partial charge is 0.465 e. The van der Waals surface area contributed by atoms with Gasteiger partial charge in [-0.05, 0) is 0 Å². The number of amides is 1. The Bertz CT molecular complexity index is 48.4. The molecule has 0 radical (unpaired) electrons. The molecule has 0 bridgehead atoms. The molecule has 0 heterocycles. The summed E-state index contributed by atoms with van der Waals surface area (Å²) in [5.74, 6) is 0. The van der Waals surface area contributed by atoms with E-state index in [4.69, 9.17) is 9.90 Å². The predicted octanol–water partition coefficient (Wildman–Crippen LogP) is 1.23. The Hall–Kier alpha value is -1.25. The normalized spacial score (nSPS) is 4.00. The molecule has 3 heteroatoms. The van der Waals surface area contributed by atoms with Crippen LogP contribution in [-0.4, -0.2) is 11.2 Å². The Kier molecular flexibility index (Phi) is 84.0. The van der Waals surface area contributed by atoms with Crippen LogP contribution in [0.3, 0.4) is 0 Å². The van der Waals surface area contributed by atoms with Crippen LogP contribution in [0.2, 0.25) is 0 Å². The van der Waals surface area contributed by atoms with Gasteiger partial charge in [-0.15, -0.1) is 26.3 Å². The Morgan fingerprint density at radius 1 is 1.25 bits per heavy atom. The minimum Gasteiger partial charge on any atom is -0.465 e. The first-order chi connectivity index (χ1) is 3.73. The second-order valence-corrected chi connectivity index (χ2v) is 0.338. The fraction of sp³-hybridized carbons (Fsp3) is 0. The number of primary amides is 1. The first-order valence-electron chi connectivity index (χ1n) is 1.72. The smallest absolute Gasteiger partial charge is 0.402 e. The maximum atomic E-state index is 8.78. The lowest BCUT2D eigenvalue weighted by molar-refractivity contribution is 0.205. The van der Waals surface area contributed by atoms with Gasteiger partial charge in [0.15, 0.2) is 0 Å². The van der Waals surface area contributed by atoms with Crippen LogP contribution in [0.15, 0.2) is 26.3 Å². The Balaban J connectivity index is -0.0000000542. The first-order valence-corrected chi connectivity index (χ1v) is 1.72. The van der Waals surface area contributed by atoms with Gasteiger partial charge in [0, 0.05) is 0 Å². The summed E-state index contributed by atoms with van der Waals surface area (Å²) in [5.41, 5.74) is 4.03. The van der Waals surface area contributed by atoms with E-state index in [0.29, 0.717) is 0 Å². The van der Waals surface area contributed by atoms with Crippen molar-refractivity contribution in [2.75, 3.05) is 0 Å². The molecule has 0 saturated carbocycles. The van der Waals surface area contributed by atoms with Gasteiger partial charge in [-0.3, -0.25) is 0 Å². The van der Waals surface area contributed by atoms with Gasteiger partial charge in [-0.25, -0.2) is 4.79 Å². The predicted molar refractivity (Wildman–Crippen MR) is 34.7 cm³/mol. The van der Waals surface area contributed by atoms with E-state index in [1.54, 1.807) is 0 Å². The van der Waals surface area contributed by atoms with E-state index in [9.17, 15) is 0 Å². The van der Waals surface area contributed by atoms with Crippen LogP contribution in [0.25, 0.3) is 0 Å². The summed E-state index contributed by atoms with van der Waals surface area (Å²) in [7, 11) is 0. The molecular weight excluding hydrogens is 106 g/mol. The van der Waals surface area contributed by atoms with Gasteiger partial charge in [-0.1, -0.05) is 0 Å². The molecule has 0 unspecified atom stereocenters. The standard InChI is InChI=1S/2C2H4.CH3NO2/c2*1-2;2-1(3)4/h2*1-2H2;2H2,(H,3,4). The molecule has 0 saturated heterocycles. The average molecular weight is 117 g/mol. The van der Waals surface area contributed by atoms with E-state index < -0.39 is 6.09 Å². The topological polar surface area (TPSA) is 63.3 Å². The highest BCUT2D eigenvalue weighted by molar-refractivity contribution is 5.61. The van der Waals surface area contributed by atoms with Gasteiger partial charge < -0.3 is 10.8 Å². The molecule has 0 rings (SSSR count). The van der Waals surface area contributed by atoms with Crippen molar-refractivity contribution in [2.45, 2.75) is 0 Å². The van der Waals surface area contributed by atoms with E-state index in [0.717, 1.165) is 0 Å². The van der Waals surface area contributed by atoms with Crippen molar-refractivity contribution in [3.63, 3.8) is 0 Å². The monoisotopic (exact) mass is 117 g/mol. The molecule has 8 heavy (non-hydrogen) atoms. The number of hydrogen-bond donors (Lipinski definition) is 2. The highest BCUT2D eigenvalue weighted by Gasteiger charge is 1.65. The third kappa shape index (κ3) is 42.8. The van der Waals surface area contributed by atoms with Crippen LogP contribution in [0.5, 0.6) is 0 Å². The van der Waals surface area contributed by atoms with Gasteiger partial charge in [0.05, 0.1) is 0 Å². The Morgan fingerprint density at radius 3 is 1.25 bits per heavy atom. The van der Waals surface area contributed by atoms with Crippen LogP contribution in [0.4, 0.5) is 4.79 Å². The highest BCUT2D eigenvalue weighted by Crippen LogP contribution is 1.34. The number of hydrogen-bond acceptors (Lipinski definition) is 1. The number of rotatable bonds is 0. The molecular formula is C5H11NO2. The lowest BCUT2D eigenvalue weighted by Crippen LogP contribution is -2.03. The Morgan fingerprint density at radius 2 is 1.25 bits per heavy atom. The summed E-state index contributed by atoms with van der Waals surface area (Å²) in [6, 6.07) is 0. The summed E-state index contributed by atoms with van der Waals surface area (Å²) < 4.78 is 0. The molecule has 3 nitrogen and oxygen atoms in total. The molecule has 48 valence electrons. The molecule has 0 aromatic rings. The van der Waals surface area contributed by atoms with Crippen molar-refractivity contribution in [1.29, 1.82) is 0 Å². The summed E-state index contributed by atoms with van der Waals surface area (Å²) in [6.45, 7) is 12.0. The molecule has 1 amide bonds. The zero-order valence-corrected chi connectivity index (χ0v) is 4.76. The second-order valence-electron chi connectivity index (χ2n) is 0.338. The molecule has 0 aromatic carbocycles. The van der Waals surface area contributed by atoms with E-state index in [1.165, 1.54) is 0 Å². The van der Waals surface area contributed by atoms with Crippen LogP contribution < -0.4 is 5.73 Å². The van der Waals surface area contributed by atoms with Crippen LogP contribution in [0.1, 0.15) is 0 Å². The van der Waals surface area contributed by atoms with Crippen LogP contribution >= 0.6 is 0 Å². The maximum absolute atomic E-state index is 8.78. The second kappa shape index (κ2) is 42.4. The third-order valence-electron chi connectivity index (χ3n) is 0. The van der Waals surface area contributed by atoms with Crippen molar-refractivity contribution < 1.29 is 9.90 Å². The zero-order valence-electron chi connectivity index (χ0n) is 4.76. The van der Waals surface area contributed by atoms with Gasteiger partial charge in [-0.2, -0.15) is 0 Å². The maximum Gasteiger partial charge on any atom is 0.402 e. The zero-order chi connectivity index (χ0) is 7.58. The minimum atomic E-state index is -1.33. The molecule has 0 atom stereocenters. The minimum absolute atomic E-state index is 1.33. The fourth-order valence-corrected chi connectivity index (χ4v) is 0. The Labute approximate surface area is 49.1 Å². The summed E-state index contributed by atoms with van der Waals surface area (Å²) in [6.07, 6.45) is -1.33. The summed E-state index contributed by atoms with van der Waals surface area (Å²) in [4.78, 5) is 8.78. The number of carbonyl (C=O) groups is 1. The molecule has 0 fully saturated rings. The molecule has 0 spiro atoms. The third-order valence-corrected chi connectivity index (χ3v) is 0.